The van der Waals surface area contributed by atoms with Crippen LogP contribution in [0.25, 0.3) is 0 Å². The summed E-state index contributed by atoms with van der Waals surface area (Å²) in [6.07, 6.45) is 2.48. The van der Waals surface area contributed by atoms with Gasteiger partial charge in [-0.05, 0) is 25.3 Å². The van der Waals surface area contributed by atoms with Gasteiger partial charge < -0.3 is 10.4 Å². The summed E-state index contributed by atoms with van der Waals surface area (Å²) in [5.74, 6) is 0. The average Bonchev–Trinajstić information content (AvgIpc) is 3.03. The zero-order valence-electron chi connectivity index (χ0n) is 8.53. The summed E-state index contributed by atoms with van der Waals surface area (Å²) in [6.45, 7) is 2.20. The highest BCUT2D eigenvalue weighted by Gasteiger charge is 2.32. The van der Waals surface area contributed by atoms with E-state index in [1.165, 1.54) is 12.8 Å². The van der Waals surface area contributed by atoms with Crippen molar-refractivity contribution in [3.8, 4) is 0 Å². The molecule has 1 atom stereocenters. The van der Waals surface area contributed by atoms with Crippen molar-refractivity contribution in [3.63, 3.8) is 0 Å². The van der Waals surface area contributed by atoms with Crippen molar-refractivity contribution in [3.05, 3.63) is 35.9 Å². The van der Waals surface area contributed by atoms with Crippen molar-refractivity contribution >= 4 is 0 Å². The molecule has 0 radical (unpaired) electrons. The highest BCUT2D eigenvalue weighted by molar-refractivity contribution is 5.24. The van der Waals surface area contributed by atoms with E-state index in [0.29, 0.717) is 6.04 Å². The van der Waals surface area contributed by atoms with Crippen LogP contribution < -0.4 is 5.32 Å². The van der Waals surface area contributed by atoms with Gasteiger partial charge in [0, 0.05) is 6.04 Å². The Kier molecular flexibility index (Phi) is 2.57. The van der Waals surface area contributed by atoms with E-state index in [2.05, 4.69) is 24.4 Å². The van der Waals surface area contributed by atoms with Crippen LogP contribution in [0, 0.1) is 0 Å². The lowest BCUT2D eigenvalue weighted by atomic mass is 9.93. The predicted octanol–water partition coefficient (Wildman–Crippen LogP) is 1.65. The molecule has 2 heteroatoms. The maximum Gasteiger partial charge on any atom is 0.0652 e. The monoisotopic (exact) mass is 191 g/mol. The van der Waals surface area contributed by atoms with Crippen LogP contribution in [-0.2, 0) is 5.54 Å². The summed E-state index contributed by atoms with van der Waals surface area (Å²) >= 11 is 0. The molecule has 0 spiro atoms. The largest absolute Gasteiger partial charge is 0.394 e. The van der Waals surface area contributed by atoms with Crippen LogP contribution in [0.2, 0.25) is 0 Å². The SMILES string of the molecule is CC(CO)(NC1CC1)c1ccccc1. The van der Waals surface area contributed by atoms with E-state index in [9.17, 15) is 5.11 Å². The smallest absolute Gasteiger partial charge is 0.0652 e. The Morgan fingerprint density at radius 3 is 2.50 bits per heavy atom. The minimum Gasteiger partial charge on any atom is -0.394 e. The number of nitrogens with one attached hydrogen (secondary N) is 1. The van der Waals surface area contributed by atoms with Gasteiger partial charge in [0.25, 0.3) is 0 Å². The first kappa shape index (κ1) is 9.69. The van der Waals surface area contributed by atoms with Crippen molar-refractivity contribution < 1.29 is 5.11 Å². The van der Waals surface area contributed by atoms with E-state index in [0.717, 1.165) is 5.56 Å². The Labute approximate surface area is 85.0 Å². The van der Waals surface area contributed by atoms with Crippen LogP contribution in [0.15, 0.2) is 30.3 Å². The molecule has 0 saturated heterocycles. The Morgan fingerprint density at radius 2 is 2.00 bits per heavy atom. The molecule has 1 saturated carbocycles. The molecule has 0 aromatic heterocycles. The Morgan fingerprint density at radius 1 is 1.36 bits per heavy atom. The molecule has 2 N–H and O–H groups in total. The van der Waals surface area contributed by atoms with Gasteiger partial charge in [0.2, 0.25) is 0 Å². The van der Waals surface area contributed by atoms with Crippen LogP contribution >= 0.6 is 0 Å². The molecular formula is C12H17NO. The van der Waals surface area contributed by atoms with Crippen LogP contribution in [0.1, 0.15) is 25.3 Å². The Balaban J connectivity index is 2.17. The lowest BCUT2D eigenvalue weighted by molar-refractivity contribution is 0.173. The highest BCUT2D eigenvalue weighted by Crippen LogP contribution is 2.27. The van der Waals surface area contributed by atoms with E-state index in [4.69, 9.17) is 0 Å². The number of hydrogen-bond acceptors (Lipinski definition) is 2. The molecule has 0 amide bonds. The van der Waals surface area contributed by atoms with E-state index < -0.39 is 0 Å². The van der Waals surface area contributed by atoms with Crippen molar-refractivity contribution in [2.45, 2.75) is 31.3 Å². The van der Waals surface area contributed by atoms with Crippen molar-refractivity contribution in [1.82, 2.24) is 5.32 Å². The molecule has 0 heterocycles. The molecular weight excluding hydrogens is 174 g/mol. The number of aliphatic hydroxyl groups is 1. The van der Waals surface area contributed by atoms with Crippen molar-refractivity contribution in [1.29, 1.82) is 0 Å². The summed E-state index contributed by atoms with van der Waals surface area (Å²) in [5.41, 5.74) is 0.886. The van der Waals surface area contributed by atoms with Gasteiger partial charge in [0.1, 0.15) is 0 Å². The van der Waals surface area contributed by atoms with E-state index in [1.807, 2.05) is 18.2 Å². The summed E-state index contributed by atoms with van der Waals surface area (Å²) in [5, 5.41) is 12.9. The molecule has 1 fully saturated rings. The van der Waals surface area contributed by atoms with Crippen LogP contribution in [0.3, 0.4) is 0 Å². The molecule has 2 rings (SSSR count). The number of hydrogen-bond donors (Lipinski definition) is 2. The topological polar surface area (TPSA) is 32.3 Å². The summed E-state index contributed by atoms with van der Waals surface area (Å²) in [7, 11) is 0. The second kappa shape index (κ2) is 3.71. The average molecular weight is 191 g/mol. The number of benzene rings is 1. The molecule has 1 aromatic rings. The molecule has 1 aliphatic carbocycles. The minimum atomic E-state index is -0.275. The fourth-order valence-corrected chi connectivity index (χ4v) is 1.70. The fraction of sp³-hybridized carbons (Fsp3) is 0.500. The second-order valence-corrected chi connectivity index (χ2v) is 4.27. The third-order valence-corrected chi connectivity index (χ3v) is 2.83. The van der Waals surface area contributed by atoms with Gasteiger partial charge in [-0.15, -0.1) is 0 Å². The van der Waals surface area contributed by atoms with Crippen molar-refractivity contribution in [2.75, 3.05) is 6.61 Å². The quantitative estimate of drug-likeness (QED) is 0.758. The molecule has 1 unspecified atom stereocenters. The highest BCUT2D eigenvalue weighted by atomic mass is 16.3. The van der Waals surface area contributed by atoms with E-state index in [-0.39, 0.29) is 12.1 Å². The zero-order chi connectivity index (χ0) is 10.0. The summed E-state index contributed by atoms with van der Waals surface area (Å²) < 4.78 is 0. The zero-order valence-corrected chi connectivity index (χ0v) is 8.53. The maximum atomic E-state index is 9.45. The number of rotatable bonds is 4. The fourth-order valence-electron chi connectivity index (χ4n) is 1.70. The van der Waals surface area contributed by atoms with Gasteiger partial charge in [-0.1, -0.05) is 30.3 Å². The molecule has 1 aliphatic rings. The maximum absolute atomic E-state index is 9.45. The lowest BCUT2D eigenvalue weighted by Crippen LogP contribution is -2.44. The van der Waals surface area contributed by atoms with Gasteiger partial charge in [-0.3, -0.25) is 0 Å². The second-order valence-electron chi connectivity index (χ2n) is 4.27. The first-order valence-electron chi connectivity index (χ1n) is 5.19. The van der Waals surface area contributed by atoms with Gasteiger partial charge in [0.05, 0.1) is 12.1 Å². The number of aliphatic hydroxyl groups excluding tert-OH is 1. The van der Waals surface area contributed by atoms with Gasteiger partial charge in [0.15, 0.2) is 0 Å². The Hall–Kier alpha value is -0.860. The molecule has 1 aromatic carbocycles. The Bertz CT molecular complexity index is 294. The third kappa shape index (κ3) is 1.97. The predicted molar refractivity (Wildman–Crippen MR) is 57.0 cm³/mol. The first-order valence-corrected chi connectivity index (χ1v) is 5.19. The van der Waals surface area contributed by atoms with Crippen LogP contribution in [-0.4, -0.2) is 17.8 Å². The van der Waals surface area contributed by atoms with Gasteiger partial charge >= 0.3 is 0 Å². The van der Waals surface area contributed by atoms with E-state index in [1.54, 1.807) is 0 Å². The van der Waals surface area contributed by atoms with Gasteiger partial charge in [-0.2, -0.15) is 0 Å². The third-order valence-electron chi connectivity index (χ3n) is 2.83. The normalized spacial score (nSPS) is 20.4. The summed E-state index contributed by atoms with van der Waals surface area (Å²) in [6, 6.07) is 10.7. The van der Waals surface area contributed by atoms with Crippen LogP contribution in [0.5, 0.6) is 0 Å². The van der Waals surface area contributed by atoms with Gasteiger partial charge in [-0.25, -0.2) is 0 Å². The molecule has 2 nitrogen and oxygen atoms in total. The van der Waals surface area contributed by atoms with E-state index >= 15 is 0 Å². The lowest BCUT2D eigenvalue weighted by Gasteiger charge is -2.29. The van der Waals surface area contributed by atoms with Crippen LogP contribution in [0.4, 0.5) is 0 Å². The standard InChI is InChI=1S/C12H17NO/c1-12(9-14,13-11-7-8-11)10-5-3-2-4-6-10/h2-6,11,13-14H,7-9H2,1H3. The molecule has 0 aliphatic heterocycles. The summed E-state index contributed by atoms with van der Waals surface area (Å²) in [4.78, 5) is 0. The molecule has 14 heavy (non-hydrogen) atoms. The van der Waals surface area contributed by atoms with Crippen molar-refractivity contribution in [2.24, 2.45) is 0 Å². The minimum absolute atomic E-state index is 0.146. The molecule has 76 valence electrons. The first-order chi connectivity index (χ1) is 6.74. The molecule has 0 bridgehead atoms.